The molecule has 1 aromatic heterocycles. The molecule has 2 rings (SSSR count). The Morgan fingerprint density at radius 1 is 1.18 bits per heavy atom. The Labute approximate surface area is 127 Å². The van der Waals surface area contributed by atoms with Crippen LogP contribution in [0, 0.1) is 0 Å². The highest BCUT2D eigenvalue weighted by Gasteiger charge is 2.31. The molecule has 0 radical (unpaired) electrons. The maximum Gasteiger partial charge on any atom is 0.417 e. The number of phenolic OH excluding ortho intramolecular Hbond substituents is 2. The average molecular weight is 332 g/mol. The lowest BCUT2D eigenvalue weighted by Gasteiger charge is -2.08. The molecule has 0 saturated carbocycles. The highest BCUT2D eigenvalue weighted by molar-refractivity contribution is 6.32. The molecule has 0 bridgehead atoms. The molecule has 1 heterocycles. The summed E-state index contributed by atoms with van der Waals surface area (Å²) >= 11 is 5.69. The summed E-state index contributed by atoms with van der Waals surface area (Å²) in [5.41, 5.74) is 1.88. The highest BCUT2D eigenvalue weighted by atomic mass is 35.5. The van der Waals surface area contributed by atoms with Crippen molar-refractivity contribution in [1.29, 1.82) is 0 Å². The van der Waals surface area contributed by atoms with Crippen molar-refractivity contribution in [2.24, 2.45) is 5.10 Å². The van der Waals surface area contributed by atoms with E-state index in [1.807, 2.05) is 0 Å². The van der Waals surface area contributed by atoms with Gasteiger partial charge in [-0.25, -0.2) is 4.98 Å². The van der Waals surface area contributed by atoms with Gasteiger partial charge in [-0.3, -0.25) is 5.43 Å². The minimum absolute atomic E-state index is 0.0473. The number of nitrogens with one attached hydrogen (secondary N) is 1. The number of rotatable bonds is 3. The van der Waals surface area contributed by atoms with Gasteiger partial charge >= 0.3 is 6.18 Å². The Balaban J connectivity index is 2.11. The van der Waals surface area contributed by atoms with E-state index in [4.69, 9.17) is 16.7 Å². The quantitative estimate of drug-likeness (QED) is 0.456. The maximum absolute atomic E-state index is 12.5. The molecule has 9 heteroatoms. The van der Waals surface area contributed by atoms with Gasteiger partial charge in [-0.05, 0) is 29.8 Å². The van der Waals surface area contributed by atoms with Crippen LogP contribution < -0.4 is 5.43 Å². The lowest BCUT2D eigenvalue weighted by Crippen LogP contribution is -2.06. The summed E-state index contributed by atoms with van der Waals surface area (Å²) in [6.45, 7) is 0. The van der Waals surface area contributed by atoms with Crippen LogP contribution in [0.5, 0.6) is 11.5 Å². The van der Waals surface area contributed by atoms with Crippen molar-refractivity contribution >= 4 is 23.6 Å². The standard InChI is InChI=1S/C13H9ClF3N3O2/c14-9-4-8(13(15,16)17)6-18-12(9)20-19-5-7-1-2-10(21)11(22)3-7/h1-6,21-22H,(H,18,20)/b19-5+. The van der Waals surface area contributed by atoms with Crippen LogP contribution in [0.15, 0.2) is 35.6 Å². The fourth-order valence-electron chi connectivity index (χ4n) is 1.46. The molecule has 1 aromatic carbocycles. The molecular weight excluding hydrogens is 323 g/mol. The van der Waals surface area contributed by atoms with E-state index in [1.165, 1.54) is 24.4 Å². The van der Waals surface area contributed by atoms with Gasteiger partial charge in [0.2, 0.25) is 0 Å². The van der Waals surface area contributed by atoms with Crippen molar-refractivity contribution in [3.63, 3.8) is 0 Å². The minimum atomic E-state index is -4.53. The molecule has 0 aliphatic carbocycles. The van der Waals surface area contributed by atoms with Crippen molar-refractivity contribution in [2.75, 3.05) is 5.43 Å². The van der Waals surface area contributed by atoms with Gasteiger partial charge in [0.1, 0.15) is 0 Å². The fraction of sp³-hybridized carbons (Fsp3) is 0.0769. The van der Waals surface area contributed by atoms with E-state index in [0.29, 0.717) is 11.8 Å². The molecule has 22 heavy (non-hydrogen) atoms. The third kappa shape index (κ3) is 3.79. The molecule has 0 unspecified atom stereocenters. The first-order chi connectivity index (χ1) is 10.3. The summed E-state index contributed by atoms with van der Waals surface area (Å²) < 4.78 is 37.4. The third-order valence-corrected chi connectivity index (χ3v) is 2.84. The van der Waals surface area contributed by atoms with Crippen LogP contribution in [-0.4, -0.2) is 21.4 Å². The second kappa shape index (κ2) is 6.10. The number of hydrazone groups is 1. The van der Waals surface area contributed by atoms with Gasteiger partial charge < -0.3 is 10.2 Å². The zero-order chi connectivity index (χ0) is 16.3. The molecule has 0 amide bonds. The normalized spacial score (nSPS) is 11.8. The Hall–Kier alpha value is -2.48. The monoisotopic (exact) mass is 331 g/mol. The van der Waals surface area contributed by atoms with Crippen LogP contribution in [0.1, 0.15) is 11.1 Å². The number of nitrogens with zero attached hydrogens (tertiary/aromatic N) is 2. The largest absolute Gasteiger partial charge is 0.504 e. The zero-order valence-electron chi connectivity index (χ0n) is 10.8. The molecule has 0 fully saturated rings. The summed E-state index contributed by atoms with van der Waals surface area (Å²) in [6, 6.07) is 4.73. The molecule has 0 aliphatic heterocycles. The SMILES string of the molecule is Oc1ccc(/C=N/Nc2ncc(C(F)(F)F)cc2Cl)cc1O. The Morgan fingerprint density at radius 3 is 2.50 bits per heavy atom. The molecular formula is C13H9ClF3N3O2. The molecule has 116 valence electrons. The lowest BCUT2D eigenvalue weighted by atomic mass is 10.2. The number of phenols is 2. The van der Waals surface area contributed by atoms with Crippen molar-refractivity contribution in [3.05, 3.63) is 46.6 Å². The van der Waals surface area contributed by atoms with Crippen LogP contribution in [0.2, 0.25) is 5.02 Å². The molecule has 0 spiro atoms. The van der Waals surface area contributed by atoms with Crippen molar-refractivity contribution in [3.8, 4) is 11.5 Å². The summed E-state index contributed by atoms with van der Waals surface area (Å²) in [5.74, 6) is -0.652. The molecule has 0 aliphatic rings. The van der Waals surface area contributed by atoms with Crippen molar-refractivity contribution in [2.45, 2.75) is 6.18 Å². The first-order valence-corrected chi connectivity index (χ1v) is 6.19. The van der Waals surface area contributed by atoms with E-state index in [0.717, 1.165) is 6.07 Å². The zero-order valence-corrected chi connectivity index (χ0v) is 11.5. The fourth-order valence-corrected chi connectivity index (χ4v) is 1.67. The van der Waals surface area contributed by atoms with E-state index >= 15 is 0 Å². The summed E-state index contributed by atoms with van der Waals surface area (Å²) in [5, 5.41) is 21.9. The van der Waals surface area contributed by atoms with Crippen LogP contribution >= 0.6 is 11.6 Å². The lowest BCUT2D eigenvalue weighted by molar-refractivity contribution is -0.137. The Bertz CT molecular complexity index is 720. The number of aromatic nitrogens is 1. The van der Waals surface area contributed by atoms with Gasteiger partial charge in [-0.2, -0.15) is 18.3 Å². The van der Waals surface area contributed by atoms with E-state index in [2.05, 4.69) is 15.5 Å². The number of pyridine rings is 1. The first kappa shape index (κ1) is 15.9. The second-order valence-corrected chi connectivity index (χ2v) is 4.58. The minimum Gasteiger partial charge on any atom is -0.504 e. The number of anilines is 1. The first-order valence-electron chi connectivity index (χ1n) is 5.81. The number of alkyl halides is 3. The second-order valence-electron chi connectivity index (χ2n) is 4.17. The van der Waals surface area contributed by atoms with Crippen molar-refractivity contribution < 1.29 is 23.4 Å². The third-order valence-electron chi connectivity index (χ3n) is 2.55. The van der Waals surface area contributed by atoms with E-state index in [1.54, 1.807) is 0 Å². The van der Waals surface area contributed by atoms with E-state index < -0.39 is 11.7 Å². The van der Waals surface area contributed by atoms with Gasteiger partial charge in [0, 0.05) is 6.20 Å². The van der Waals surface area contributed by atoms with Gasteiger partial charge in [0.15, 0.2) is 17.3 Å². The maximum atomic E-state index is 12.5. The summed E-state index contributed by atoms with van der Waals surface area (Å²) in [7, 11) is 0. The molecule has 0 saturated heterocycles. The van der Waals surface area contributed by atoms with Gasteiger partial charge in [-0.15, -0.1) is 0 Å². The van der Waals surface area contributed by atoms with Gasteiger partial charge in [-0.1, -0.05) is 11.6 Å². The summed E-state index contributed by atoms with van der Waals surface area (Å²) in [6.07, 6.45) is -2.62. The number of hydrogen-bond acceptors (Lipinski definition) is 5. The van der Waals surface area contributed by atoms with Gasteiger partial charge in [0.05, 0.1) is 16.8 Å². The smallest absolute Gasteiger partial charge is 0.417 e. The molecule has 5 nitrogen and oxygen atoms in total. The van der Waals surface area contributed by atoms with Crippen molar-refractivity contribution in [1.82, 2.24) is 4.98 Å². The summed E-state index contributed by atoms with van der Waals surface area (Å²) in [4.78, 5) is 3.54. The van der Waals surface area contributed by atoms with E-state index in [-0.39, 0.29) is 22.3 Å². The number of hydrogen-bond donors (Lipinski definition) is 3. The van der Waals surface area contributed by atoms with E-state index in [9.17, 15) is 18.3 Å². The Kier molecular flexibility index (Phi) is 4.41. The van der Waals surface area contributed by atoms with Crippen LogP contribution in [0.4, 0.5) is 19.0 Å². The van der Waals surface area contributed by atoms with Gasteiger partial charge in [0.25, 0.3) is 0 Å². The molecule has 0 atom stereocenters. The number of aromatic hydroxyl groups is 2. The molecule has 2 aromatic rings. The predicted octanol–water partition coefficient (Wildman–Crippen LogP) is 3.61. The van der Waals surface area contributed by atoms with Crippen LogP contribution in [-0.2, 0) is 6.18 Å². The van der Waals surface area contributed by atoms with Crippen LogP contribution in [0.3, 0.4) is 0 Å². The topological polar surface area (TPSA) is 77.7 Å². The predicted molar refractivity (Wildman–Crippen MR) is 75.2 cm³/mol. The highest BCUT2D eigenvalue weighted by Crippen LogP contribution is 2.32. The Morgan fingerprint density at radius 2 is 1.91 bits per heavy atom. The van der Waals surface area contributed by atoms with Crippen LogP contribution in [0.25, 0.3) is 0 Å². The number of benzene rings is 1. The average Bonchev–Trinajstić information content (AvgIpc) is 2.43. The molecule has 3 N–H and O–H groups in total. The number of halogens is 4.